The van der Waals surface area contributed by atoms with Crippen molar-refractivity contribution < 1.29 is 18.7 Å². The van der Waals surface area contributed by atoms with Gasteiger partial charge in [-0.15, -0.1) is 0 Å². The fourth-order valence-corrected chi connectivity index (χ4v) is 3.96. The van der Waals surface area contributed by atoms with Gasteiger partial charge in [-0.2, -0.15) is 5.10 Å². The lowest BCUT2D eigenvalue weighted by Crippen LogP contribution is -2.22. The van der Waals surface area contributed by atoms with Gasteiger partial charge in [0.25, 0.3) is 5.91 Å². The number of hydrogen-bond donors (Lipinski definition) is 2. The molecule has 2 amide bonds. The topological polar surface area (TPSA) is 98.1 Å². The second kappa shape index (κ2) is 10.0. The first kappa shape index (κ1) is 25.8. The standard InChI is InChI=1S/C28H30FN5O3/c1-16-10-23-21(12-20(16)27(36)30-6)24(7-8-31-23)37-25-13-22(29)18(9-17(25)2)11-26(35)33-19-14-32-34(15-19)28(3,4)5/h7-10,12-15H,11H2,1-6H3,(H,30,36)(H,33,35). The summed E-state index contributed by atoms with van der Waals surface area (Å²) in [5.41, 5.74) is 3.19. The van der Waals surface area contributed by atoms with Gasteiger partial charge in [-0.3, -0.25) is 19.3 Å². The Bertz CT molecular complexity index is 1500. The SMILES string of the molecule is CNC(=O)c1cc2c(Oc3cc(F)c(CC(=O)Nc4cnn(C(C)(C)C)c4)cc3C)ccnc2cc1C. The van der Waals surface area contributed by atoms with Gasteiger partial charge in [0.15, 0.2) is 0 Å². The Labute approximate surface area is 214 Å². The number of carbonyl (C=O) groups excluding carboxylic acids is 2. The Hall–Kier alpha value is -4.27. The first-order valence-electron chi connectivity index (χ1n) is 11.9. The minimum atomic E-state index is -0.554. The summed E-state index contributed by atoms with van der Waals surface area (Å²) < 4.78 is 22.9. The van der Waals surface area contributed by atoms with Crippen molar-refractivity contribution in [3.8, 4) is 11.5 Å². The van der Waals surface area contributed by atoms with Crippen molar-refractivity contribution in [3.05, 3.63) is 77.0 Å². The van der Waals surface area contributed by atoms with E-state index in [2.05, 4.69) is 20.7 Å². The first-order valence-corrected chi connectivity index (χ1v) is 11.9. The number of anilines is 1. The number of aromatic nitrogens is 3. The number of hydrogen-bond acceptors (Lipinski definition) is 5. The van der Waals surface area contributed by atoms with Crippen LogP contribution in [0, 0.1) is 19.7 Å². The van der Waals surface area contributed by atoms with Gasteiger partial charge < -0.3 is 15.4 Å². The van der Waals surface area contributed by atoms with E-state index in [1.807, 2.05) is 33.8 Å². The number of amides is 2. The van der Waals surface area contributed by atoms with Crippen LogP contribution in [-0.4, -0.2) is 33.6 Å². The number of fused-ring (bicyclic) bond motifs is 1. The largest absolute Gasteiger partial charge is 0.456 e. The molecule has 0 aliphatic heterocycles. The second-order valence-electron chi connectivity index (χ2n) is 9.95. The molecule has 8 nitrogen and oxygen atoms in total. The molecule has 4 rings (SSSR count). The zero-order valence-electron chi connectivity index (χ0n) is 21.8. The number of ether oxygens (including phenoxy) is 1. The van der Waals surface area contributed by atoms with Crippen LogP contribution in [0.25, 0.3) is 10.9 Å². The normalized spacial score (nSPS) is 11.4. The van der Waals surface area contributed by atoms with Gasteiger partial charge in [0, 0.05) is 36.5 Å². The molecule has 0 aliphatic rings. The van der Waals surface area contributed by atoms with Gasteiger partial charge in [-0.1, -0.05) is 0 Å². The number of aryl methyl sites for hydroxylation is 2. The summed E-state index contributed by atoms with van der Waals surface area (Å²) in [6.07, 6.45) is 4.77. The maximum Gasteiger partial charge on any atom is 0.251 e. The molecule has 0 radical (unpaired) electrons. The molecule has 0 bridgehead atoms. The summed E-state index contributed by atoms with van der Waals surface area (Å²) in [4.78, 5) is 29.2. The number of rotatable bonds is 6. The van der Waals surface area contributed by atoms with Crippen LogP contribution in [-0.2, 0) is 16.8 Å². The summed E-state index contributed by atoms with van der Waals surface area (Å²) in [5, 5.41) is 10.3. The Morgan fingerprint density at radius 3 is 2.51 bits per heavy atom. The molecule has 0 aliphatic carbocycles. The quantitative estimate of drug-likeness (QED) is 0.373. The molecule has 37 heavy (non-hydrogen) atoms. The molecule has 0 saturated carbocycles. The fourth-order valence-electron chi connectivity index (χ4n) is 3.96. The predicted octanol–water partition coefficient (Wildman–Crippen LogP) is 5.28. The molecular formula is C28H30FN5O3. The van der Waals surface area contributed by atoms with E-state index in [-0.39, 0.29) is 29.3 Å². The number of nitrogens with one attached hydrogen (secondary N) is 2. The van der Waals surface area contributed by atoms with Crippen molar-refractivity contribution in [2.75, 3.05) is 12.4 Å². The maximum atomic E-state index is 15.0. The molecular weight excluding hydrogens is 473 g/mol. The lowest BCUT2D eigenvalue weighted by molar-refractivity contribution is -0.115. The lowest BCUT2D eigenvalue weighted by atomic mass is 10.0. The van der Waals surface area contributed by atoms with Crippen molar-refractivity contribution in [2.45, 2.75) is 46.6 Å². The highest BCUT2D eigenvalue weighted by Gasteiger charge is 2.18. The molecule has 192 valence electrons. The van der Waals surface area contributed by atoms with Crippen molar-refractivity contribution in [1.82, 2.24) is 20.1 Å². The van der Waals surface area contributed by atoms with Gasteiger partial charge in [-0.25, -0.2) is 4.39 Å². The third kappa shape index (κ3) is 5.61. The molecule has 2 heterocycles. The highest BCUT2D eigenvalue weighted by atomic mass is 19.1. The molecule has 2 N–H and O–H groups in total. The molecule has 0 atom stereocenters. The number of halogens is 1. The van der Waals surface area contributed by atoms with Gasteiger partial charge in [0.1, 0.15) is 17.3 Å². The van der Waals surface area contributed by atoms with Crippen LogP contribution >= 0.6 is 0 Å². The molecule has 0 unspecified atom stereocenters. The Kier molecular flexibility index (Phi) is 6.98. The predicted molar refractivity (Wildman–Crippen MR) is 141 cm³/mol. The average molecular weight is 504 g/mol. The Morgan fingerprint density at radius 1 is 1.08 bits per heavy atom. The monoisotopic (exact) mass is 503 g/mol. The summed E-state index contributed by atoms with van der Waals surface area (Å²) in [5.74, 6) is -0.370. The van der Waals surface area contributed by atoms with E-state index in [0.29, 0.717) is 39.2 Å². The van der Waals surface area contributed by atoms with E-state index >= 15 is 4.39 Å². The molecule has 0 fully saturated rings. The van der Waals surface area contributed by atoms with Crippen molar-refractivity contribution >= 4 is 28.4 Å². The van der Waals surface area contributed by atoms with E-state index in [1.165, 1.54) is 6.07 Å². The van der Waals surface area contributed by atoms with Crippen LogP contribution in [0.2, 0.25) is 0 Å². The lowest BCUT2D eigenvalue weighted by Gasteiger charge is -2.18. The van der Waals surface area contributed by atoms with Crippen LogP contribution in [0.5, 0.6) is 11.5 Å². The van der Waals surface area contributed by atoms with Gasteiger partial charge in [0.05, 0.1) is 29.4 Å². The van der Waals surface area contributed by atoms with Crippen LogP contribution in [0.4, 0.5) is 10.1 Å². The molecule has 2 aromatic heterocycles. The van der Waals surface area contributed by atoms with Crippen LogP contribution in [0.15, 0.2) is 48.9 Å². The molecule has 4 aromatic rings. The first-order chi connectivity index (χ1) is 17.5. The van der Waals surface area contributed by atoms with E-state index in [9.17, 15) is 9.59 Å². The third-order valence-electron chi connectivity index (χ3n) is 5.99. The Morgan fingerprint density at radius 2 is 1.84 bits per heavy atom. The fraction of sp³-hybridized carbons (Fsp3) is 0.286. The minimum Gasteiger partial charge on any atom is -0.456 e. The van der Waals surface area contributed by atoms with E-state index < -0.39 is 5.82 Å². The Balaban J connectivity index is 1.55. The summed E-state index contributed by atoms with van der Waals surface area (Å²) in [6.45, 7) is 9.63. The smallest absolute Gasteiger partial charge is 0.251 e. The molecule has 9 heteroatoms. The maximum absolute atomic E-state index is 15.0. The number of pyridine rings is 1. The zero-order chi connectivity index (χ0) is 26.9. The minimum absolute atomic E-state index is 0.138. The number of carbonyl (C=O) groups is 2. The highest BCUT2D eigenvalue weighted by Crippen LogP contribution is 2.33. The van der Waals surface area contributed by atoms with Crippen LogP contribution in [0.1, 0.15) is 47.8 Å². The van der Waals surface area contributed by atoms with Gasteiger partial charge in [-0.05, 0) is 75.6 Å². The molecule has 0 spiro atoms. The van der Waals surface area contributed by atoms with Crippen molar-refractivity contribution in [3.63, 3.8) is 0 Å². The highest BCUT2D eigenvalue weighted by molar-refractivity contribution is 6.00. The van der Waals surface area contributed by atoms with Crippen LogP contribution in [0.3, 0.4) is 0 Å². The van der Waals surface area contributed by atoms with Gasteiger partial charge in [0.2, 0.25) is 5.91 Å². The van der Waals surface area contributed by atoms with E-state index in [4.69, 9.17) is 4.74 Å². The molecule has 0 saturated heterocycles. The van der Waals surface area contributed by atoms with Crippen LogP contribution < -0.4 is 15.4 Å². The molecule has 2 aromatic carbocycles. The van der Waals surface area contributed by atoms with Crippen molar-refractivity contribution in [2.24, 2.45) is 0 Å². The zero-order valence-corrected chi connectivity index (χ0v) is 21.8. The summed E-state index contributed by atoms with van der Waals surface area (Å²) in [7, 11) is 1.57. The summed E-state index contributed by atoms with van der Waals surface area (Å²) >= 11 is 0. The van der Waals surface area contributed by atoms with Crippen molar-refractivity contribution in [1.29, 1.82) is 0 Å². The van der Waals surface area contributed by atoms with E-state index in [0.717, 1.165) is 5.56 Å². The number of nitrogens with zero attached hydrogens (tertiary/aromatic N) is 3. The average Bonchev–Trinajstić information content (AvgIpc) is 3.30. The van der Waals surface area contributed by atoms with E-state index in [1.54, 1.807) is 55.4 Å². The second-order valence-corrected chi connectivity index (χ2v) is 9.95. The third-order valence-corrected chi connectivity index (χ3v) is 5.99. The van der Waals surface area contributed by atoms with Gasteiger partial charge >= 0.3 is 0 Å². The summed E-state index contributed by atoms with van der Waals surface area (Å²) in [6, 6.07) is 8.08. The number of benzene rings is 2.